The number of hydrogen-bond donors (Lipinski definition) is 1. The molecular weight excluding hydrogens is 290 g/mol. The molecule has 1 aromatic heterocycles. The first-order valence-corrected chi connectivity index (χ1v) is 6.80. The minimum absolute atomic E-state index is 0.0623. The van der Waals surface area contributed by atoms with Gasteiger partial charge in [0.25, 0.3) is 0 Å². The molecule has 1 aromatic carbocycles. The Morgan fingerprint density at radius 2 is 1.74 bits per heavy atom. The zero-order valence-electron chi connectivity index (χ0n) is 12.0. The van der Waals surface area contributed by atoms with E-state index < -0.39 is 11.5 Å². The van der Waals surface area contributed by atoms with E-state index in [1.165, 1.54) is 6.26 Å². The molecule has 2 N–H and O–H groups in total. The van der Waals surface area contributed by atoms with Gasteiger partial charge in [0.05, 0.1) is 18.4 Å². The second-order valence-corrected chi connectivity index (χ2v) is 5.03. The first-order valence-electron chi connectivity index (χ1n) is 6.80. The molecule has 0 radical (unpaired) electrons. The maximum absolute atomic E-state index is 9.69. The van der Waals surface area contributed by atoms with Crippen LogP contribution in [0.2, 0.25) is 0 Å². The molecule has 0 saturated heterocycles. The Bertz CT molecular complexity index is 864. The quantitative estimate of drug-likeness (QED) is 0.911. The van der Waals surface area contributed by atoms with E-state index >= 15 is 0 Å². The Hall–Kier alpha value is -3.69. The summed E-state index contributed by atoms with van der Waals surface area (Å²) in [6.45, 7) is 0. The highest BCUT2D eigenvalue weighted by molar-refractivity contribution is 5.66. The normalized spacial score (nSPS) is 19.0. The Balaban J connectivity index is 2.30. The van der Waals surface area contributed by atoms with Gasteiger partial charge in [0.1, 0.15) is 29.3 Å². The van der Waals surface area contributed by atoms with E-state index in [9.17, 15) is 15.8 Å². The first kappa shape index (κ1) is 14.3. The minimum Gasteiger partial charge on any atom is -0.467 e. The van der Waals surface area contributed by atoms with Crippen molar-refractivity contribution in [1.82, 2.24) is 0 Å². The summed E-state index contributed by atoms with van der Waals surface area (Å²) in [5, 5.41) is 28.8. The Morgan fingerprint density at radius 3 is 2.26 bits per heavy atom. The molecule has 2 aromatic rings. The number of rotatable bonds is 2. The molecule has 1 aliphatic rings. The maximum atomic E-state index is 9.69. The van der Waals surface area contributed by atoms with E-state index in [1.807, 2.05) is 36.4 Å². The van der Waals surface area contributed by atoms with Gasteiger partial charge in [-0.1, -0.05) is 18.2 Å². The molecule has 110 valence electrons. The highest BCUT2D eigenvalue weighted by Crippen LogP contribution is 2.52. The van der Waals surface area contributed by atoms with Gasteiger partial charge in [-0.3, -0.25) is 0 Å². The second kappa shape index (κ2) is 5.26. The van der Waals surface area contributed by atoms with Crippen LogP contribution in [-0.4, -0.2) is 0 Å². The SMILES string of the molecule is N#CC1=C(N)N(c2ccccc2)[C@@H](c2ccco2)C1(C#N)C#N. The smallest absolute Gasteiger partial charge is 0.209 e. The van der Waals surface area contributed by atoms with Gasteiger partial charge in [-0.05, 0) is 24.3 Å². The maximum Gasteiger partial charge on any atom is 0.209 e. The topological polar surface area (TPSA) is 114 Å². The summed E-state index contributed by atoms with van der Waals surface area (Å²) in [5.41, 5.74) is 5.01. The number of nitrogens with two attached hydrogens (primary N) is 1. The molecule has 0 saturated carbocycles. The van der Waals surface area contributed by atoms with Gasteiger partial charge in [-0.15, -0.1) is 0 Å². The fourth-order valence-electron chi connectivity index (χ4n) is 2.86. The van der Waals surface area contributed by atoms with E-state index in [2.05, 4.69) is 0 Å². The fourth-order valence-corrected chi connectivity index (χ4v) is 2.86. The van der Waals surface area contributed by atoms with Crippen molar-refractivity contribution in [2.75, 3.05) is 4.90 Å². The Kier molecular flexibility index (Phi) is 3.26. The van der Waals surface area contributed by atoms with Crippen LogP contribution in [0.5, 0.6) is 0 Å². The number of para-hydroxylation sites is 1. The summed E-state index contributed by atoms with van der Waals surface area (Å²) >= 11 is 0. The van der Waals surface area contributed by atoms with Gasteiger partial charge >= 0.3 is 0 Å². The number of nitriles is 3. The zero-order valence-corrected chi connectivity index (χ0v) is 12.0. The molecule has 0 fully saturated rings. The average Bonchev–Trinajstić information content (AvgIpc) is 3.19. The molecule has 2 heterocycles. The number of anilines is 1. The molecule has 0 amide bonds. The van der Waals surface area contributed by atoms with Crippen molar-refractivity contribution in [3.8, 4) is 18.2 Å². The Labute approximate surface area is 132 Å². The van der Waals surface area contributed by atoms with Gasteiger partial charge < -0.3 is 15.1 Å². The lowest BCUT2D eigenvalue weighted by atomic mass is 9.78. The van der Waals surface area contributed by atoms with Crippen LogP contribution in [0.4, 0.5) is 5.69 Å². The molecular formula is C17H11N5O. The van der Waals surface area contributed by atoms with Crippen molar-refractivity contribution in [3.05, 3.63) is 65.9 Å². The first-order chi connectivity index (χ1) is 11.2. The monoisotopic (exact) mass is 301 g/mol. The number of benzene rings is 1. The predicted molar refractivity (Wildman–Crippen MR) is 80.9 cm³/mol. The summed E-state index contributed by atoms with van der Waals surface area (Å²) in [7, 11) is 0. The molecule has 6 nitrogen and oxygen atoms in total. The van der Waals surface area contributed by atoms with Crippen molar-refractivity contribution < 1.29 is 4.42 Å². The second-order valence-electron chi connectivity index (χ2n) is 5.03. The molecule has 23 heavy (non-hydrogen) atoms. The van der Waals surface area contributed by atoms with Crippen LogP contribution in [0.3, 0.4) is 0 Å². The van der Waals surface area contributed by atoms with Crippen molar-refractivity contribution in [1.29, 1.82) is 15.8 Å². The zero-order chi connectivity index (χ0) is 16.4. The van der Waals surface area contributed by atoms with Crippen LogP contribution in [0, 0.1) is 39.4 Å². The lowest BCUT2D eigenvalue weighted by Crippen LogP contribution is -2.34. The fraction of sp³-hybridized carbons (Fsp3) is 0.118. The average molecular weight is 301 g/mol. The summed E-state index contributed by atoms with van der Waals surface area (Å²) in [4.78, 5) is 1.60. The van der Waals surface area contributed by atoms with Crippen LogP contribution in [0.15, 0.2) is 64.5 Å². The van der Waals surface area contributed by atoms with Gasteiger partial charge in [-0.2, -0.15) is 15.8 Å². The predicted octanol–water partition coefficient (Wildman–Crippen LogP) is 2.57. The lowest BCUT2D eigenvalue weighted by Gasteiger charge is -2.30. The van der Waals surface area contributed by atoms with Crippen molar-refractivity contribution in [2.24, 2.45) is 11.1 Å². The standard InChI is InChI=1S/C17H11N5O/c18-9-13-16(21)22(12-5-2-1-3-6-12)15(14-7-4-8-23-14)17(13,10-19)11-20/h1-8,15H,21H2/t15-/m0/s1. The van der Waals surface area contributed by atoms with Crippen LogP contribution in [0.25, 0.3) is 0 Å². The van der Waals surface area contributed by atoms with Gasteiger partial charge in [-0.25, -0.2) is 0 Å². The van der Waals surface area contributed by atoms with Gasteiger partial charge in [0.15, 0.2) is 0 Å². The number of furan rings is 1. The number of nitrogens with zero attached hydrogens (tertiary/aromatic N) is 4. The molecule has 0 bridgehead atoms. The Morgan fingerprint density at radius 1 is 1.04 bits per heavy atom. The lowest BCUT2D eigenvalue weighted by molar-refractivity contribution is 0.405. The third-order valence-electron chi connectivity index (χ3n) is 3.89. The molecule has 0 unspecified atom stereocenters. The summed E-state index contributed by atoms with van der Waals surface area (Å²) < 4.78 is 5.43. The molecule has 1 aliphatic heterocycles. The highest BCUT2D eigenvalue weighted by Gasteiger charge is 2.56. The summed E-state index contributed by atoms with van der Waals surface area (Å²) in [6.07, 6.45) is 1.46. The van der Waals surface area contributed by atoms with E-state index in [-0.39, 0.29) is 11.4 Å². The van der Waals surface area contributed by atoms with Crippen LogP contribution >= 0.6 is 0 Å². The van der Waals surface area contributed by atoms with Crippen molar-refractivity contribution in [3.63, 3.8) is 0 Å². The van der Waals surface area contributed by atoms with Crippen LogP contribution < -0.4 is 10.6 Å². The van der Waals surface area contributed by atoms with Crippen LogP contribution in [-0.2, 0) is 0 Å². The molecule has 3 rings (SSSR count). The van der Waals surface area contributed by atoms with Gasteiger partial charge in [0.2, 0.25) is 5.41 Å². The highest BCUT2D eigenvalue weighted by atomic mass is 16.3. The van der Waals surface area contributed by atoms with Crippen LogP contribution in [0.1, 0.15) is 11.8 Å². The minimum atomic E-state index is -1.73. The summed E-state index contributed by atoms with van der Waals surface area (Å²) in [5.74, 6) is 0.480. The molecule has 0 aliphatic carbocycles. The summed E-state index contributed by atoms with van der Waals surface area (Å²) in [6, 6.07) is 17.4. The van der Waals surface area contributed by atoms with E-state index in [1.54, 1.807) is 29.2 Å². The third-order valence-corrected chi connectivity index (χ3v) is 3.89. The largest absolute Gasteiger partial charge is 0.467 e. The van der Waals surface area contributed by atoms with Gasteiger partial charge in [0, 0.05) is 5.69 Å². The van der Waals surface area contributed by atoms with E-state index in [4.69, 9.17) is 10.2 Å². The van der Waals surface area contributed by atoms with E-state index in [0.717, 1.165) is 0 Å². The number of hydrogen-bond acceptors (Lipinski definition) is 6. The van der Waals surface area contributed by atoms with Crippen molar-refractivity contribution in [2.45, 2.75) is 6.04 Å². The van der Waals surface area contributed by atoms with E-state index in [0.29, 0.717) is 11.4 Å². The third kappa shape index (κ3) is 1.85. The molecule has 1 atom stereocenters. The molecule has 0 spiro atoms. The molecule has 6 heteroatoms. The van der Waals surface area contributed by atoms with Crippen molar-refractivity contribution >= 4 is 5.69 Å².